The third-order valence-electron chi connectivity index (χ3n) is 6.88. The van der Waals surface area contributed by atoms with Gasteiger partial charge in [-0.15, -0.1) is 0 Å². The minimum absolute atomic E-state index is 0.144. The number of halogens is 3. The fraction of sp³-hybridized carbons (Fsp3) is 0.520. The van der Waals surface area contributed by atoms with Crippen molar-refractivity contribution >= 4 is 40.6 Å². The number of amides is 1. The van der Waals surface area contributed by atoms with Crippen LogP contribution in [0.5, 0.6) is 0 Å². The normalized spacial score (nSPS) is 20.5. The Labute approximate surface area is 211 Å². The van der Waals surface area contributed by atoms with E-state index in [1.165, 1.54) is 13.0 Å². The molecule has 1 amide bonds. The first kappa shape index (κ1) is 25.2. The minimum Gasteiger partial charge on any atom is -0.353 e. The predicted octanol–water partition coefficient (Wildman–Crippen LogP) is 5.05. The molecule has 1 aromatic heterocycles. The van der Waals surface area contributed by atoms with Gasteiger partial charge in [0.2, 0.25) is 5.91 Å². The standard InChI is InChI=1S/C25H32Cl2FN5O/c1-3-21-16-32(25-23(27)13-20(14-29-25)30-17(2)34)10-11-33(21)22-6-8-31(9-7-22)15-18-4-5-19(26)12-24(18)28/h4-5,12-14,21-22H,3,6-11,15-16H2,1-2H3,(H,30,34)/t21-/m0/s1. The van der Waals surface area contributed by atoms with Crippen LogP contribution in [0.4, 0.5) is 15.9 Å². The molecule has 3 heterocycles. The topological polar surface area (TPSA) is 51.7 Å². The molecule has 2 aliphatic heterocycles. The molecule has 6 nitrogen and oxygen atoms in total. The first-order chi connectivity index (χ1) is 16.3. The molecule has 0 bridgehead atoms. The van der Waals surface area contributed by atoms with Gasteiger partial charge in [-0.3, -0.25) is 14.6 Å². The van der Waals surface area contributed by atoms with Gasteiger partial charge in [-0.2, -0.15) is 0 Å². The zero-order valence-electron chi connectivity index (χ0n) is 19.7. The van der Waals surface area contributed by atoms with Crippen LogP contribution in [0, 0.1) is 5.82 Å². The SMILES string of the molecule is CC[C@H]1CN(c2ncc(NC(C)=O)cc2Cl)CCN1C1CCN(Cc2ccc(Cl)cc2F)CC1. The van der Waals surface area contributed by atoms with E-state index in [1.54, 1.807) is 24.4 Å². The van der Waals surface area contributed by atoms with Gasteiger partial charge in [-0.25, -0.2) is 9.37 Å². The molecule has 0 radical (unpaired) electrons. The van der Waals surface area contributed by atoms with E-state index in [0.717, 1.165) is 57.8 Å². The molecule has 0 saturated carbocycles. The van der Waals surface area contributed by atoms with Crippen molar-refractivity contribution in [1.29, 1.82) is 0 Å². The lowest BCUT2D eigenvalue weighted by Crippen LogP contribution is -2.58. The summed E-state index contributed by atoms with van der Waals surface area (Å²) >= 11 is 12.4. The highest BCUT2D eigenvalue weighted by Gasteiger charge is 2.34. The van der Waals surface area contributed by atoms with Gasteiger partial charge in [-0.05, 0) is 50.6 Å². The van der Waals surface area contributed by atoms with Crippen molar-refractivity contribution in [2.75, 3.05) is 42.9 Å². The smallest absolute Gasteiger partial charge is 0.221 e. The highest BCUT2D eigenvalue weighted by molar-refractivity contribution is 6.33. The monoisotopic (exact) mass is 507 g/mol. The summed E-state index contributed by atoms with van der Waals surface area (Å²) < 4.78 is 14.2. The zero-order valence-corrected chi connectivity index (χ0v) is 21.2. The number of hydrogen-bond donors (Lipinski definition) is 1. The minimum atomic E-state index is -0.228. The summed E-state index contributed by atoms with van der Waals surface area (Å²) in [6.07, 6.45) is 4.87. The lowest BCUT2D eigenvalue weighted by molar-refractivity contribution is -0.114. The number of anilines is 2. The highest BCUT2D eigenvalue weighted by atomic mass is 35.5. The second-order valence-electron chi connectivity index (χ2n) is 9.20. The lowest BCUT2D eigenvalue weighted by Gasteiger charge is -2.47. The molecule has 34 heavy (non-hydrogen) atoms. The number of hydrogen-bond acceptors (Lipinski definition) is 5. The van der Waals surface area contributed by atoms with E-state index in [4.69, 9.17) is 23.2 Å². The van der Waals surface area contributed by atoms with Gasteiger partial charge in [-0.1, -0.05) is 36.2 Å². The summed E-state index contributed by atoms with van der Waals surface area (Å²) in [6, 6.07) is 7.65. The van der Waals surface area contributed by atoms with Gasteiger partial charge in [0.1, 0.15) is 11.6 Å². The van der Waals surface area contributed by atoms with E-state index < -0.39 is 0 Å². The van der Waals surface area contributed by atoms with Crippen molar-refractivity contribution in [2.45, 2.75) is 51.7 Å². The molecule has 2 aromatic rings. The zero-order chi connectivity index (χ0) is 24.2. The Hall–Kier alpha value is -1.93. The molecular weight excluding hydrogens is 476 g/mol. The van der Waals surface area contributed by atoms with Gasteiger partial charge in [0.15, 0.2) is 0 Å². The molecule has 1 aromatic carbocycles. The van der Waals surface area contributed by atoms with E-state index in [-0.39, 0.29) is 11.7 Å². The summed E-state index contributed by atoms with van der Waals surface area (Å²) in [5.41, 5.74) is 1.31. The van der Waals surface area contributed by atoms with Crippen LogP contribution in [-0.4, -0.2) is 65.5 Å². The van der Waals surface area contributed by atoms with Gasteiger partial charge in [0, 0.05) is 55.8 Å². The summed E-state index contributed by atoms with van der Waals surface area (Å²) in [6.45, 7) is 8.93. The molecule has 2 saturated heterocycles. The number of piperidine rings is 1. The van der Waals surface area contributed by atoms with Crippen molar-refractivity contribution < 1.29 is 9.18 Å². The van der Waals surface area contributed by atoms with Crippen LogP contribution in [0.3, 0.4) is 0 Å². The third-order valence-corrected chi connectivity index (χ3v) is 7.39. The van der Waals surface area contributed by atoms with Crippen LogP contribution < -0.4 is 10.2 Å². The maximum absolute atomic E-state index is 14.2. The number of nitrogens with one attached hydrogen (secondary N) is 1. The second kappa shape index (κ2) is 11.2. The molecule has 2 fully saturated rings. The molecule has 9 heteroatoms. The predicted molar refractivity (Wildman–Crippen MR) is 136 cm³/mol. The van der Waals surface area contributed by atoms with Gasteiger partial charge in [0.05, 0.1) is 16.9 Å². The molecule has 0 spiro atoms. The van der Waals surface area contributed by atoms with Gasteiger partial charge < -0.3 is 10.2 Å². The summed E-state index contributed by atoms with van der Waals surface area (Å²) in [7, 11) is 0. The average molecular weight is 508 g/mol. The Kier molecular flexibility index (Phi) is 8.30. The molecule has 4 rings (SSSR count). The van der Waals surface area contributed by atoms with E-state index in [9.17, 15) is 9.18 Å². The van der Waals surface area contributed by atoms with Gasteiger partial charge >= 0.3 is 0 Å². The van der Waals surface area contributed by atoms with Crippen LogP contribution in [0.2, 0.25) is 10.0 Å². The Bertz CT molecular complexity index is 1010. The van der Waals surface area contributed by atoms with Crippen molar-refractivity contribution in [1.82, 2.24) is 14.8 Å². The number of pyridine rings is 1. The second-order valence-corrected chi connectivity index (χ2v) is 10.0. The largest absolute Gasteiger partial charge is 0.353 e. The lowest BCUT2D eigenvalue weighted by atomic mass is 9.97. The van der Waals surface area contributed by atoms with Crippen molar-refractivity contribution in [3.8, 4) is 0 Å². The molecule has 1 N–H and O–H groups in total. The average Bonchev–Trinajstić information content (AvgIpc) is 2.81. The Morgan fingerprint density at radius 2 is 1.94 bits per heavy atom. The van der Waals surface area contributed by atoms with Crippen molar-refractivity contribution in [3.05, 3.63) is 51.9 Å². The molecule has 0 aliphatic carbocycles. The number of rotatable bonds is 6. The van der Waals surface area contributed by atoms with Crippen LogP contribution in [0.15, 0.2) is 30.5 Å². The van der Waals surface area contributed by atoms with E-state index in [0.29, 0.717) is 39.9 Å². The van der Waals surface area contributed by atoms with Crippen LogP contribution >= 0.6 is 23.2 Å². The van der Waals surface area contributed by atoms with Crippen LogP contribution in [0.25, 0.3) is 0 Å². The third kappa shape index (κ3) is 6.00. The maximum Gasteiger partial charge on any atom is 0.221 e. The number of carbonyl (C=O) groups is 1. The number of nitrogens with zero attached hydrogens (tertiary/aromatic N) is 4. The fourth-order valence-corrected chi connectivity index (χ4v) is 5.59. The van der Waals surface area contributed by atoms with E-state index in [2.05, 4.69) is 31.9 Å². The molecule has 184 valence electrons. The van der Waals surface area contributed by atoms with E-state index in [1.807, 2.05) is 0 Å². The quantitative estimate of drug-likeness (QED) is 0.592. The number of piperazine rings is 1. The number of aromatic nitrogens is 1. The summed E-state index contributed by atoms with van der Waals surface area (Å²) in [5.74, 6) is 0.400. The summed E-state index contributed by atoms with van der Waals surface area (Å²) in [5, 5.41) is 3.71. The Morgan fingerprint density at radius 1 is 1.18 bits per heavy atom. The maximum atomic E-state index is 14.2. The van der Waals surface area contributed by atoms with Gasteiger partial charge in [0.25, 0.3) is 0 Å². The number of likely N-dealkylation sites (tertiary alicyclic amines) is 1. The number of benzene rings is 1. The van der Waals surface area contributed by atoms with Crippen LogP contribution in [-0.2, 0) is 11.3 Å². The first-order valence-corrected chi connectivity index (χ1v) is 12.7. The highest BCUT2D eigenvalue weighted by Crippen LogP contribution is 2.31. The van der Waals surface area contributed by atoms with Crippen LogP contribution in [0.1, 0.15) is 38.7 Å². The number of carbonyl (C=O) groups excluding carboxylic acids is 1. The molecule has 0 unspecified atom stereocenters. The van der Waals surface area contributed by atoms with E-state index >= 15 is 0 Å². The van der Waals surface area contributed by atoms with Crippen molar-refractivity contribution in [3.63, 3.8) is 0 Å². The molecule has 1 atom stereocenters. The Morgan fingerprint density at radius 3 is 2.59 bits per heavy atom. The summed E-state index contributed by atoms with van der Waals surface area (Å²) in [4.78, 5) is 23.1. The fourth-order valence-electron chi connectivity index (χ4n) is 5.14. The molecule has 2 aliphatic rings. The Balaban J connectivity index is 1.34. The first-order valence-electron chi connectivity index (χ1n) is 11.9. The van der Waals surface area contributed by atoms with Crippen molar-refractivity contribution in [2.24, 2.45) is 0 Å². The molecular formula is C25H32Cl2FN5O.